The van der Waals surface area contributed by atoms with Gasteiger partial charge in [-0.15, -0.1) is 0 Å². The van der Waals surface area contributed by atoms with Crippen molar-refractivity contribution < 1.29 is 14.0 Å². The summed E-state index contributed by atoms with van der Waals surface area (Å²) in [5.41, 5.74) is 0.938. The summed E-state index contributed by atoms with van der Waals surface area (Å²) in [6, 6.07) is 12.8. The number of aromatic nitrogens is 2. The molecule has 2 aromatic heterocycles. The Morgan fingerprint density at radius 1 is 1.13 bits per heavy atom. The van der Waals surface area contributed by atoms with E-state index in [2.05, 4.69) is 4.98 Å². The van der Waals surface area contributed by atoms with E-state index in [1.165, 1.54) is 0 Å². The highest BCUT2D eigenvalue weighted by Crippen LogP contribution is 2.52. The molecule has 2 fully saturated rings. The highest BCUT2D eigenvalue weighted by Gasteiger charge is 2.57. The Balaban J connectivity index is 1.68. The van der Waals surface area contributed by atoms with Crippen molar-refractivity contribution in [3.05, 3.63) is 78.3 Å². The molecular weight excluding hydrogens is 380 g/mol. The summed E-state index contributed by atoms with van der Waals surface area (Å²) in [4.78, 5) is 31.3. The summed E-state index contributed by atoms with van der Waals surface area (Å²) in [6.07, 6.45) is 5.54. The number of hydrogen-bond donors (Lipinski definition) is 0. The van der Waals surface area contributed by atoms with Crippen LogP contribution in [0.25, 0.3) is 0 Å². The molecule has 0 spiro atoms. The summed E-state index contributed by atoms with van der Waals surface area (Å²) in [6.45, 7) is 4.62. The number of carbonyl (C=O) groups excluding carboxylic acids is 2. The van der Waals surface area contributed by atoms with Crippen LogP contribution in [0.1, 0.15) is 60.3 Å². The average molecular weight is 404 g/mol. The van der Waals surface area contributed by atoms with Crippen molar-refractivity contribution >= 4 is 11.7 Å². The minimum atomic E-state index is -0.525. The Kier molecular flexibility index (Phi) is 4.55. The third-order valence-corrected chi connectivity index (χ3v) is 6.08. The van der Waals surface area contributed by atoms with Crippen molar-refractivity contribution in [3.8, 4) is 0 Å². The molecule has 7 nitrogen and oxygen atoms in total. The van der Waals surface area contributed by atoms with Crippen LogP contribution in [0.4, 0.5) is 0 Å². The minimum Gasteiger partial charge on any atom is -0.468 e. The van der Waals surface area contributed by atoms with Gasteiger partial charge in [-0.25, -0.2) is 9.99 Å². The molecule has 7 heteroatoms. The maximum Gasteiger partial charge on any atom is 0.238 e. The van der Waals surface area contributed by atoms with E-state index in [0.717, 1.165) is 5.56 Å². The molecule has 3 aromatic rings. The quantitative estimate of drug-likeness (QED) is 0.605. The number of benzene rings is 1. The fourth-order valence-electron chi connectivity index (χ4n) is 4.81. The lowest BCUT2D eigenvalue weighted by atomic mass is 9.83. The Morgan fingerprint density at radius 2 is 1.93 bits per heavy atom. The van der Waals surface area contributed by atoms with Crippen molar-refractivity contribution in [2.45, 2.75) is 38.4 Å². The number of carbonyl (C=O) groups is 2. The second-order valence-electron chi connectivity index (χ2n) is 8.11. The van der Waals surface area contributed by atoms with Crippen LogP contribution in [-0.4, -0.2) is 37.8 Å². The van der Waals surface area contributed by atoms with Crippen molar-refractivity contribution in [1.82, 2.24) is 19.6 Å². The van der Waals surface area contributed by atoms with Gasteiger partial charge < -0.3 is 8.98 Å². The van der Waals surface area contributed by atoms with Gasteiger partial charge in [0.15, 0.2) is 5.82 Å². The van der Waals surface area contributed by atoms with Crippen LogP contribution < -0.4 is 0 Å². The number of furan rings is 1. The second-order valence-corrected chi connectivity index (χ2v) is 8.11. The molecule has 1 aromatic carbocycles. The standard InChI is InChI=1S/C23H24N4O3/c1-15(2)25-13-11-24-23(25)22(29)19-20(16-7-4-3-5-8-16)27-18(28)10-12-26(27)21(19)17-9-6-14-30-17/h3-9,11,13-15,19-21H,10,12H2,1-2H3/t19-,20-,21-/m0/s1. The SMILES string of the molecule is CC(C)n1ccnc1C(=O)[C@@H]1[C@H](c2ccco2)N2CCC(=O)N2[C@H]1c1ccccc1. The second kappa shape index (κ2) is 7.25. The summed E-state index contributed by atoms with van der Waals surface area (Å²) in [5, 5.41) is 3.78. The summed E-state index contributed by atoms with van der Waals surface area (Å²) < 4.78 is 7.65. The van der Waals surface area contributed by atoms with Crippen LogP contribution >= 0.6 is 0 Å². The molecule has 0 unspecified atom stereocenters. The number of ketones is 1. The van der Waals surface area contributed by atoms with Gasteiger partial charge >= 0.3 is 0 Å². The van der Waals surface area contributed by atoms with Crippen LogP contribution in [0.5, 0.6) is 0 Å². The summed E-state index contributed by atoms with van der Waals surface area (Å²) in [5.74, 6) is 0.535. The number of nitrogens with zero attached hydrogens (tertiary/aromatic N) is 4. The largest absolute Gasteiger partial charge is 0.468 e. The van der Waals surface area contributed by atoms with Crippen LogP contribution in [-0.2, 0) is 4.79 Å². The van der Waals surface area contributed by atoms with Crippen molar-refractivity contribution in [1.29, 1.82) is 0 Å². The molecule has 2 aliphatic heterocycles. The smallest absolute Gasteiger partial charge is 0.238 e. The molecule has 154 valence electrons. The van der Waals surface area contributed by atoms with Gasteiger partial charge in [0.05, 0.1) is 24.3 Å². The third kappa shape index (κ3) is 2.81. The van der Waals surface area contributed by atoms with Crippen molar-refractivity contribution in [2.75, 3.05) is 6.54 Å². The van der Waals surface area contributed by atoms with E-state index < -0.39 is 12.0 Å². The first-order chi connectivity index (χ1) is 14.6. The predicted octanol–water partition coefficient (Wildman–Crippen LogP) is 3.80. The molecule has 0 radical (unpaired) electrons. The van der Waals surface area contributed by atoms with Crippen LogP contribution in [0.3, 0.4) is 0 Å². The van der Waals surface area contributed by atoms with E-state index in [1.54, 1.807) is 17.5 Å². The fraction of sp³-hybridized carbons (Fsp3) is 0.348. The van der Waals surface area contributed by atoms with E-state index >= 15 is 0 Å². The van der Waals surface area contributed by atoms with Gasteiger partial charge in [-0.05, 0) is 31.5 Å². The molecule has 4 heterocycles. The first-order valence-corrected chi connectivity index (χ1v) is 10.3. The maximum absolute atomic E-state index is 14.0. The molecular formula is C23H24N4O3. The lowest BCUT2D eigenvalue weighted by molar-refractivity contribution is -0.139. The molecule has 1 amide bonds. The molecule has 0 aliphatic carbocycles. The Labute approximate surface area is 174 Å². The van der Waals surface area contributed by atoms with Gasteiger partial charge in [-0.2, -0.15) is 0 Å². The predicted molar refractivity (Wildman–Crippen MR) is 109 cm³/mol. The van der Waals surface area contributed by atoms with Crippen LogP contribution in [0.2, 0.25) is 0 Å². The minimum absolute atomic E-state index is 0.0305. The highest BCUT2D eigenvalue weighted by molar-refractivity contribution is 5.97. The average Bonchev–Trinajstić information content (AvgIpc) is 3.53. The summed E-state index contributed by atoms with van der Waals surface area (Å²) >= 11 is 0. The number of hydrazine groups is 1. The number of hydrogen-bond acceptors (Lipinski definition) is 5. The van der Waals surface area contributed by atoms with E-state index in [9.17, 15) is 9.59 Å². The maximum atomic E-state index is 14.0. The summed E-state index contributed by atoms with van der Waals surface area (Å²) in [7, 11) is 0. The van der Waals surface area contributed by atoms with E-state index in [-0.39, 0.29) is 23.8 Å². The molecule has 0 saturated carbocycles. The van der Waals surface area contributed by atoms with Gasteiger partial charge in [-0.1, -0.05) is 30.3 Å². The van der Waals surface area contributed by atoms with Gasteiger partial charge in [0, 0.05) is 31.4 Å². The van der Waals surface area contributed by atoms with Crippen molar-refractivity contribution in [3.63, 3.8) is 0 Å². The Hall–Kier alpha value is -3.19. The van der Waals surface area contributed by atoms with E-state index in [0.29, 0.717) is 24.6 Å². The van der Waals surface area contributed by atoms with Gasteiger partial charge in [0.1, 0.15) is 5.76 Å². The molecule has 2 saturated heterocycles. The molecule has 5 rings (SSSR count). The van der Waals surface area contributed by atoms with Crippen LogP contribution in [0.15, 0.2) is 65.5 Å². The molecule has 30 heavy (non-hydrogen) atoms. The number of amides is 1. The number of fused-ring (bicyclic) bond motifs is 1. The Bertz CT molecular complexity index is 1060. The molecule has 0 bridgehead atoms. The number of imidazole rings is 1. The fourth-order valence-corrected chi connectivity index (χ4v) is 4.81. The lowest BCUT2D eigenvalue weighted by Crippen LogP contribution is -2.35. The van der Waals surface area contributed by atoms with E-state index in [4.69, 9.17) is 4.42 Å². The van der Waals surface area contributed by atoms with Gasteiger partial charge in [0.2, 0.25) is 11.7 Å². The number of Topliss-reactive ketones (excluding diaryl/α,β-unsaturated/α-hetero) is 1. The van der Waals surface area contributed by atoms with Crippen molar-refractivity contribution in [2.24, 2.45) is 5.92 Å². The monoisotopic (exact) mass is 404 g/mol. The molecule has 0 N–H and O–H groups in total. The topological polar surface area (TPSA) is 71.6 Å². The Morgan fingerprint density at radius 3 is 2.63 bits per heavy atom. The zero-order valence-electron chi connectivity index (χ0n) is 17.0. The first kappa shape index (κ1) is 18.8. The van der Waals surface area contributed by atoms with Crippen LogP contribution in [0, 0.1) is 5.92 Å². The first-order valence-electron chi connectivity index (χ1n) is 10.3. The third-order valence-electron chi connectivity index (χ3n) is 6.08. The van der Waals surface area contributed by atoms with Gasteiger partial charge in [0.25, 0.3) is 0 Å². The highest BCUT2D eigenvalue weighted by atomic mass is 16.3. The van der Waals surface area contributed by atoms with E-state index in [1.807, 2.05) is 72.1 Å². The molecule has 3 atom stereocenters. The molecule has 2 aliphatic rings. The number of rotatable bonds is 5. The zero-order chi connectivity index (χ0) is 20.8. The normalized spacial score (nSPS) is 24.0. The lowest BCUT2D eigenvalue weighted by Gasteiger charge is -2.27. The van der Waals surface area contributed by atoms with Gasteiger partial charge in [-0.3, -0.25) is 14.6 Å². The zero-order valence-corrected chi connectivity index (χ0v) is 17.0.